The number of ether oxygens (including phenoxy) is 1. The summed E-state index contributed by atoms with van der Waals surface area (Å²) < 4.78 is 7.27. The van der Waals surface area contributed by atoms with Crippen molar-refractivity contribution in [1.29, 1.82) is 5.26 Å². The maximum absolute atomic E-state index is 11.9. The Morgan fingerprint density at radius 3 is 2.81 bits per heavy atom. The lowest BCUT2D eigenvalue weighted by atomic mass is 10.2. The van der Waals surface area contributed by atoms with E-state index >= 15 is 0 Å². The zero-order valence-corrected chi connectivity index (χ0v) is 16.5. The zero-order valence-electron chi connectivity index (χ0n) is 15.7. The molecule has 2 fully saturated rings. The van der Waals surface area contributed by atoms with Crippen LogP contribution >= 0.6 is 11.6 Å². The van der Waals surface area contributed by atoms with Gasteiger partial charge in [-0.2, -0.15) is 24.8 Å². The Hall–Kier alpha value is -4.17. The van der Waals surface area contributed by atoms with Gasteiger partial charge in [-0.25, -0.2) is 4.79 Å². The predicted octanol–water partition coefficient (Wildman–Crippen LogP) is 2.20. The molecular formula is C19H13ClN8O3. The Bertz CT molecular complexity index is 1320. The van der Waals surface area contributed by atoms with Crippen LogP contribution in [0.1, 0.15) is 24.0 Å². The molecule has 0 radical (unpaired) electrons. The molecular weight excluding hydrogens is 424 g/mol. The number of imide groups is 1. The molecule has 1 aromatic carbocycles. The van der Waals surface area contributed by atoms with E-state index in [0.29, 0.717) is 28.5 Å². The molecule has 12 heteroatoms. The van der Waals surface area contributed by atoms with Crippen molar-refractivity contribution in [3.8, 4) is 17.8 Å². The second-order valence-electron chi connectivity index (χ2n) is 6.91. The molecule has 1 saturated carbocycles. The Labute approximate surface area is 179 Å². The molecule has 3 aromatic rings. The number of benzene rings is 1. The van der Waals surface area contributed by atoms with E-state index in [1.54, 1.807) is 6.07 Å². The van der Waals surface area contributed by atoms with Gasteiger partial charge < -0.3 is 15.4 Å². The molecule has 31 heavy (non-hydrogen) atoms. The topological polar surface area (TPSA) is 146 Å². The van der Waals surface area contributed by atoms with Gasteiger partial charge in [-0.1, -0.05) is 11.6 Å². The number of aromatic nitrogens is 4. The molecule has 3 amide bonds. The minimum Gasteiger partial charge on any atom is -0.424 e. The van der Waals surface area contributed by atoms with Crippen LogP contribution in [-0.4, -0.2) is 37.6 Å². The third-order valence-corrected chi connectivity index (χ3v) is 4.89. The molecule has 1 aliphatic heterocycles. The highest BCUT2D eigenvalue weighted by molar-refractivity contribution is 6.31. The van der Waals surface area contributed by atoms with Crippen molar-refractivity contribution in [2.75, 3.05) is 5.32 Å². The molecule has 2 aromatic heterocycles. The van der Waals surface area contributed by atoms with Crippen LogP contribution in [0.25, 0.3) is 11.7 Å². The highest BCUT2D eigenvalue weighted by Crippen LogP contribution is 2.29. The summed E-state index contributed by atoms with van der Waals surface area (Å²) in [6, 6.07) is 6.31. The van der Waals surface area contributed by atoms with Crippen LogP contribution in [0, 0.1) is 11.3 Å². The molecule has 0 atom stereocenters. The van der Waals surface area contributed by atoms with Crippen molar-refractivity contribution >= 4 is 41.2 Å². The number of urea groups is 1. The van der Waals surface area contributed by atoms with Crippen molar-refractivity contribution in [2.24, 2.45) is 0 Å². The van der Waals surface area contributed by atoms with E-state index in [4.69, 9.17) is 21.6 Å². The first-order valence-electron chi connectivity index (χ1n) is 9.24. The number of rotatable bonds is 5. The van der Waals surface area contributed by atoms with Crippen molar-refractivity contribution in [3.05, 3.63) is 46.2 Å². The fraction of sp³-hybridized carbons (Fsp3) is 0.158. The number of nitriles is 1. The first kappa shape index (κ1) is 18.8. The largest absolute Gasteiger partial charge is 0.424 e. The van der Waals surface area contributed by atoms with Gasteiger partial charge in [0.25, 0.3) is 5.91 Å². The van der Waals surface area contributed by atoms with E-state index in [1.165, 1.54) is 28.9 Å². The van der Waals surface area contributed by atoms with Gasteiger partial charge in [0, 0.05) is 17.7 Å². The summed E-state index contributed by atoms with van der Waals surface area (Å²) in [5.74, 6) is 0.234. The van der Waals surface area contributed by atoms with E-state index in [9.17, 15) is 9.59 Å². The number of amides is 3. The summed E-state index contributed by atoms with van der Waals surface area (Å²) in [6.07, 6.45) is 5.00. The van der Waals surface area contributed by atoms with E-state index in [1.807, 2.05) is 6.07 Å². The number of hydrogen-bond acceptors (Lipinski definition) is 8. The molecule has 2 aliphatic rings. The van der Waals surface area contributed by atoms with Crippen LogP contribution in [0.15, 0.2) is 30.1 Å². The highest BCUT2D eigenvalue weighted by Gasteiger charge is 2.26. The number of nitrogens with zero attached hydrogens (tertiary/aromatic N) is 5. The van der Waals surface area contributed by atoms with Gasteiger partial charge in [-0.15, -0.1) is 0 Å². The molecule has 3 heterocycles. The lowest BCUT2D eigenvalue weighted by molar-refractivity contribution is -0.115. The van der Waals surface area contributed by atoms with E-state index in [-0.39, 0.29) is 22.8 Å². The zero-order chi connectivity index (χ0) is 21.5. The Kier molecular flexibility index (Phi) is 4.41. The smallest absolute Gasteiger partial charge is 0.327 e. The number of hydrogen-bond donors (Lipinski definition) is 3. The quantitative estimate of drug-likeness (QED) is 0.407. The molecule has 0 spiro atoms. The van der Waals surface area contributed by atoms with E-state index in [0.717, 1.165) is 12.8 Å². The van der Waals surface area contributed by atoms with Crippen LogP contribution in [-0.2, 0) is 4.79 Å². The maximum atomic E-state index is 11.9. The third kappa shape index (κ3) is 3.72. The van der Waals surface area contributed by atoms with E-state index < -0.39 is 11.9 Å². The molecule has 5 rings (SSSR count). The molecule has 11 nitrogen and oxygen atoms in total. The van der Waals surface area contributed by atoms with Gasteiger partial charge in [0.2, 0.25) is 5.95 Å². The monoisotopic (exact) mass is 436 g/mol. The van der Waals surface area contributed by atoms with Crippen LogP contribution in [0.3, 0.4) is 0 Å². The van der Waals surface area contributed by atoms with Gasteiger partial charge in [0.1, 0.15) is 17.5 Å². The van der Waals surface area contributed by atoms with Gasteiger partial charge >= 0.3 is 12.0 Å². The first-order chi connectivity index (χ1) is 15.0. The summed E-state index contributed by atoms with van der Waals surface area (Å²) in [4.78, 5) is 32.0. The number of carbonyl (C=O) groups is 2. The Morgan fingerprint density at radius 2 is 2.13 bits per heavy atom. The maximum Gasteiger partial charge on any atom is 0.327 e. The van der Waals surface area contributed by atoms with Crippen LogP contribution in [0.4, 0.5) is 10.7 Å². The third-order valence-electron chi connectivity index (χ3n) is 4.58. The number of nitrogens with one attached hydrogen (secondary N) is 3. The molecule has 0 bridgehead atoms. The standard InChI is InChI=1S/C19H13ClN8O3/c20-13-6-12(4-1-9(13)7-21)31-19-25-15-10(5-14-16(29)26-18(30)24-14)8-22-28(15)17(27-19)23-11-2-3-11/h1,4-6,8,11H,2-3H2,(H,23,25,27)(H2,24,26,29,30)/b14-5-. The average molecular weight is 437 g/mol. The van der Waals surface area contributed by atoms with Gasteiger partial charge in [0.05, 0.1) is 16.8 Å². The summed E-state index contributed by atoms with van der Waals surface area (Å²) in [6.45, 7) is 0. The normalized spacial score (nSPS) is 16.8. The first-order valence-corrected chi connectivity index (χ1v) is 9.62. The average Bonchev–Trinajstić information content (AvgIpc) is 3.37. The minimum absolute atomic E-state index is 0.0245. The summed E-state index contributed by atoms with van der Waals surface area (Å²) >= 11 is 6.08. The van der Waals surface area contributed by atoms with Crippen molar-refractivity contribution in [1.82, 2.24) is 30.2 Å². The summed E-state index contributed by atoms with van der Waals surface area (Å²) in [5, 5.41) is 21.4. The Morgan fingerprint density at radius 1 is 1.29 bits per heavy atom. The number of anilines is 1. The molecule has 0 unspecified atom stereocenters. The van der Waals surface area contributed by atoms with Crippen molar-refractivity contribution in [3.63, 3.8) is 0 Å². The SMILES string of the molecule is N#Cc1ccc(Oc2nc(NC3CC3)n3ncc(/C=C4\NC(=O)NC4=O)c3n2)cc1Cl. The minimum atomic E-state index is -0.597. The van der Waals surface area contributed by atoms with Gasteiger partial charge in [0.15, 0.2) is 5.65 Å². The van der Waals surface area contributed by atoms with Gasteiger partial charge in [-0.3, -0.25) is 10.1 Å². The fourth-order valence-corrected chi connectivity index (χ4v) is 3.13. The summed E-state index contributed by atoms with van der Waals surface area (Å²) in [7, 11) is 0. The fourth-order valence-electron chi connectivity index (χ4n) is 2.92. The number of halogens is 1. The second-order valence-corrected chi connectivity index (χ2v) is 7.31. The van der Waals surface area contributed by atoms with Crippen LogP contribution in [0.2, 0.25) is 5.02 Å². The molecule has 154 valence electrons. The molecule has 1 saturated heterocycles. The molecule has 1 aliphatic carbocycles. The number of fused-ring (bicyclic) bond motifs is 1. The summed E-state index contributed by atoms with van der Waals surface area (Å²) in [5.41, 5.74) is 1.25. The lowest BCUT2D eigenvalue weighted by Crippen LogP contribution is -2.22. The van der Waals surface area contributed by atoms with Crippen LogP contribution < -0.4 is 20.7 Å². The number of carbonyl (C=O) groups excluding carboxylic acids is 2. The van der Waals surface area contributed by atoms with Crippen molar-refractivity contribution < 1.29 is 14.3 Å². The Balaban J connectivity index is 1.56. The van der Waals surface area contributed by atoms with E-state index in [2.05, 4.69) is 31.0 Å². The van der Waals surface area contributed by atoms with Gasteiger partial charge in [-0.05, 0) is 31.1 Å². The van der Waals surface area contributed by atoms with Crippen LogP contribution in [0.5, 0.6) is 11.8 Å². The lowest BCUT2D eigenvalue weighted by Gasteiger charge is -2.10. The highest BCUT2D eigenvalue weighted by atomic mass is 35.5. The second kappa shape index (κ2) is 7.26. The van der Waals surface area contributed by atoms with Crippen molar-refractivity contribution in [2.45, 2.75) is 18.9 Å². The molecule has 3 N–H and O–H groups in total. The predicted molar refractivity (Wildman–Crippen MR) is 108 cm³/mol.